The lowest BCUT2D eigenvalue weighted by Crippen LogP contribution is -2.58. The van der Waals surface area contributed by atoms with Gasteiger partial charge in [0.1, 0.15) is 11.6 Å². The maximum atomic E-state index is 12.5. The minimum absolute atomic E-state index is 0.0524. The van der Waals surface area contributed by atoms with Gasteiger partial charge in [0.2, 0.25) is 0 Å². The Hall–Kier alpha value is -1.23. The van der Waals surface area contributed by atoms with Gasteiger partial charge in [0.05, 0.1) is 0 Å². The van der Waals surface area contributed by atoms with Gasteiger partial charge < -0.3 is 10.2 Å². The zero-order valence-corrected chi connectivity index (χ0v) is 16.9. The van der Waals surface area contributed by atoms with Gasteiger partial charge in [0.25, 0.3) is 5.97 Å². The molecule has 0 bridgehead atoms. The minimum atomic E-state index is -0.833. The number of carboxylic acids is 1. The summed E-state index contributed by atoms with van der Waals surface area (Å²) in [5.41, 5.74) is -0.155. The molecular weight excluding hydrogens is 344 g/mol. The standard InChI is InChI=1S/C20H30O3.C2H4O2/c1-12-9-14-15-3-4-18(23)19(15,2)7-6-16(14)20(11-21)8-5-13(22)10-17(12)20;1-2(3)4/h12,14-17,21H,3-11H2,1-2H3;1H3,(H,3,4)/t12-,14+,15+,16+,17-,19+,20+;/m1./s1. The maximum Gasteiger partial charge on any atom is 0.300 e. The van der Waals surface area contributed by atoms with Crippen molar-refractivity contribution in [3.63, 3.8) is 0 Å². The van der Waals surface area contributed by atoms with Crippen LogP contribution >= 0.6 is 0 Å². The molecule has 0 radical (unpaired) electrons. The highest BCUT2D eigenvalue weighted by Crippen LogP contribution is 2.66. The molecule has 0 saturated heterocycles. The summed E-state index contributed by atoms with van der Waals surface area (Å²) in [7, 11) is 0. The smallest absolute Gasteiger partial charge is 0.300 e. The molecule has 152 valence electrons. The minimum Gasteiger partial charge on any atom is -0.481 e. The predicted octanol–water partition coefficient (Wildman–Crippen LogP) is 3.48. The molecule has 4 fully saturated rings. The van der Waals surface area contributed by atoms with Crippen LogP contribution in [0.25, 0.3) is 0 Å². The average Bonchev–Trinajstić information content (AvgIpc) is 2.90. The number of carbonyl (C=O) groups excluding carboxylic acids is 2. The Bertz CT molecular complexity index is 624. The second kappa shape index (κ2) is 7.31. The second-order valence-corrected chi connectivity index (χ2v) is 9.77. The molecule has 4 rings (SSSR count). The van der Waals surface area contributed by atoms with Crippen molar-refractivity contribution in [1.29, 1.82) is 0 Å². The molecule has 4 aliphatic carbocycles. The fourth-order valence-electron chi connectivity index (χ4n) is 7.34. The zero-order chi connectivity index (χ0) is 20.0. The molecule has 0 amide bonds. The van der Waals surface area contributed by atoms with Gasteiger partial charge in [-0.25, -0.2) is 0 Å². The number of carbonyl (C=O) groups is 3. The van der Waals surface area contributed by atoms with Crippen LogP contribution in [0, 0.1) is 40.4 Å². The van der Waals surface area contributed by atoms with E-state index in [0.717, 1.165) is 45.4 Å². The third-order valence-electron chi connectivity index (χ3n) is 8.57. The van der Waals surface area contributed by atoms with Crippen LogP contribution in [0.1, 0.15) is 72.1 Å². The molecule has 0 unspecified atom stereocenters. The van der Waals surface area contributed by atoms with Crippen molar-refractivity contribution in [3.05, 3.63) is 0 Å². The molecule has 7 atom stereocenters. The fourth-order valence-corrected chi connectivity index (χ4v) is 7.34. The van der Waals surface area contributed by atoms with Crippen LogP contribution in [0.2, 0.25) is 0 Å². The van der Waals surface area contributed by atoms with Crippen LogP contribution in [0.3, 0.4) is 0 Å². The van der Waals surface area contributed by atoms with E-state index in [9.17, 15) is 14.7 Å². The van der Waals surface area contributed by atoms with E-state index in [2.05, 4.69) is 13.8 Å². The summed E-state index contributed by atoms with van der Waals surface area (Å²) in [6, 6.07) is 0. The predicted molar refractivity (Wildman–Crippen MR) is 101 cm³/mol. The third-order valence-corrected chi connectivity index (χ3v) is 8.57. The summed E-state index contributed by atoms with van der Waals surface area (Å²) in [6.45, 7) is 5.80. The molecule has 0 heterocycles. The number of hydrogen-bond acceptors (Lipinski definition) is 4. The normalized spacial score (nSPS) is 45.9. The lowest BCUT2D eigenvalue weighted by Gasteiger charge is -2.61. The molecule has 0 aromatic heterocycles. The van der Waals surface area contributed by atoms with Gasteiger partial charge >= 0.3 is 0 Å². The number of aliphatic hydroxyl groups is 1. The first-order chi connectivity index (χ1) is 12.7. The average molecular weight is 379 g/mol. The van der Waals surface area contributed by atoms with Crippen molar-refractivity contribution in [1.82, 2.24) is 0 Å². The van der Waals surface area contributed by atoms with Gasteiger partial charge in [-0.1, -0.05) is 13.8 Å². The summed E-state index contributed by atoms with van der Waals surface area (Å²) in [4.78, 5) is 33.5. The Labute approximate surface area is 161 Å². The molecule has 0 aromatic rings. The highest BCUT2D eigenvalue weighted by atomic mass is 16.4. The first-order valence-electron chi connectivity index (χ1n) is 10.5. The maximum absolute atomic E-state index is 12.5. The van der Waals surface area contributed by atoms with Crippen molar-refractivity contribution in [2.75, 3.05) is 6.61 Å². The van der Waals surface area contributed by atoms with Crippen LogP contribution in [0.15, 0.2) is 0 Å². The molecule has 2 N–H and O–H groups in total. The number of hydrogen-bond donors (Lipinski definition) is 2. The number of fused-ring (bicyclic) bond motifs is 5. The van der Waals surface area contributed by atoms with Crippen molar-refractivity contribution in [2.24, 2.45) is 40.4 Å². The first-order valence-corrected chi connectivity index (χ1v) is 10.5. The van der Waals surface area contributed by atoms with Crippen molar-refractivity contribution in [2.45, 2.75) is 72.1 Å². The Kier molecular flexibility index (Phi) is 5.55. The SMILES string of the molecule is CC(=O)O.C[C@@H]1C[C@@H]2[C@H](CC[C@]3(C)C(=O)CC[C@@H]23)[C@@]2(CO)CCC(=O)C[C@H]12. The number of Topliss-reactive ketones (excluding diaryl/α,β-unsaturated/α-hetero) is 2. The highest BCUT2D eigenvalue weighted by Gasteiger charge is 2.62. The summed E-state index contributed by atoms with van der Waals surface area (Å²) in [5, 5.41) is 17.8. The number of aliphatic carboxylic acids is 1. The summed E-state index contributed by atoms with van der Waals surface area (Å²) in [5.74, 6) is 2.49. The van der Waals surface area contributed by atoms with E-state index >= 15 is 0 Å². The van der Waals surface area contributed by atoms with Gasteiger partial charge in [-0.15, -0.1) is 0 Å². The Morgan fingerprint density at radius 2 is 1.78 bits per heavy atom. The number of carboxylic acid groups (broad SMARTS) is 1. The van der Waals surface area contributed by atoms with Crippen molar-refractivity contribution in [3.8, 4) is 0 Å². The number of ketones is 2. The summed E-state index contributed by atoms with van der Waals surface area (Å²) < 4.78 is 0. The number of rotatable bonds is 1. The summed E-state index contributed by atoms with van der Waals surface area (Å²) in [6.07, 6.45) is 7.21. The van der Waals surface area contributed by atoms with Crippen LogP contribution in [0.4, 0.5) is 0 Å². The van der Waals surface area contributed by atoms with Crippen molar-refractivity contribution < 1.29 is 24.6 Å². The lowest BCUT2D eigenvalue weighted by atomic mass is 9.43. The topological polar surface area (TPSA) is 91.7 Å². The Balaban J connectivity index is 0.000000481. The van der Waals surface area contributed by atoms with Crippen molar-refractivity contribution >= 4 is 17.5 Å². The Morgan fingerprint density at radius 3 is 2.41 bits per heavy atom. The van der Waals surface area contributed by atoms with Gasteiger partial charge in [0, 0.05) is 43.6 Å². The molecule has 0 aliphatic heterocycles. The second-order valence-electron chi connectivity index (χ2n) is 9.77. The van der Waals surface area contributed by atoms with E-state index in [1.165, 1.54) is 0 Å². The molecule has 5 heteroatoms. The molecule has 5 nitrogen and oxygen atoms in total. The monoisotopic (exact) mass is 378 g/mol. The van der Waals surface area contributed by atoms with E-state index < -0.39 is 5.97 Å². The van der Waals surface area contributed by atoms with E-state index in [4.69, 9.17) is 9.90 Å². The van der Waals surface area contributed by atoms with Gasteiger partial charge in [-0.05, 0) is 61.7 Å². The van der Waals surface area contributed by atoms with Gasteiger partial charge in [0.15, 0.2) is 0 Å². The summed E-state index contributed by atoms with van der Waals surface area (Å²) >= 11 is 0. The Morgan fingerprint density at radius 1 is 1.11 bits per heavy atom. The molecule has 0 aromatic carbocycles. The molecule has 0 spiro atoms. The van der Waals surface area contributed by atoms with Gasteiger partial charge in [-0.2, -0.15) is 0 Å². The first kappa shape index (κ1) is 20.5. The fraction of sp³-hybridized carbons (Fsp3) is 0.864. The van der Waals surface area contributed by atoms with E-state index in [-0.39, 0.29) is 17.4 Å². The quantitative estimate of drug-likeness (QED) is 0.729. The van der Waals surface area contributed by atoms with Gasteiger partial charge in [-0.3, -0.25) is 14.4 Å². The molecule has 4 saturated carbocycles. The van der Waals surface area contributed by atoms with E-state index in [0.29, 0.717) is 54.0 Å². The molecule has 4 aliphatic rings. The van der Waals surface area contributed by atoms with E-state index in [1.54, 1.807) is 0 Å². The molecule has 27 heavy (non-hydrogen) atoms. The van der Waals surface area contributed by atoms with Crippen LogP contribution in [0.5, 0.6) is 0 Å². The lowest BCUT2D eigenvalue weighted by molar-refractivity contribution is -0.165. The zero-order valence-electron chi connectivity index (χ0n) is 16.9. The van der Waals surface area contributed by atoms with Crippen LogP contribution in [-0.2, 0) is 14.4 Å². The largest absolute Gasteiger partial charge is 0.481 e. The van der Waals surface area contributed by atoms with E-state index in [1.807, 2.05) is 0 Å². The number of aliphatic hydroxyl groups excluding tert-OH is 1. The van der Waals surface area contributed by atoms with Crippen LogP contribution < -0.4 is 0 Å². The molecular formula is C22H34O5. The highest BCUT2D eigenvalue weighted by molar-refractivity contribution is 5.87. The third kappa shape index (κ3) is 3.26. The van der Waals surface area contributed by atoms with Crippen LogP contribution in [-0.4, -0.2) is 34.4 Å².